The Morgan fingerprint density at radius 2 is 1.72 bits per heavy atom. The number of fused-ring (bicyclic) bond motifs is 1. The van der Waals surface area contributed by atoms with Crippen molar-refractivity contribution in [3.8, 4) is 6.07 Å². The molecule has 0 amide bonds. The summed E-state index contributed by atoms with van der Waals surface area (Å²) < 4.78 is 54.5. The zero-order valence-corrected chi connectivity index (χ0v) is 16.0. The summed E-state index contributed by atoms with van der Waals surface area (Å²) in [6, 6.07) is 2.13. The van der Waals surface area contributed by atoms with Crippen LogP contribution in [0.5, 0.6) is 0 Å². The molecule has 3 fully saturated rings. The molecule has 9 nitrogen and oxygen atoms in total. The fourth-order valence-electron chi connectivity index (χ4n) is 3.60. The zero-order valence-electron chi connectivity index (χ0n) is 15.2. The lowest BCUT2D eigenvalue weighted by Crippen LogP contribution is -2.63. The van der Waals surface area contributed by atoms with E-state index in [9.17, 15) is 13.7 Å². The smallest absolute Gasteiger partial charge is 0.212 e. The van der Waals surface area contributed by atoms with Crippen molar-refractivity contribution >= 4 is 10.0 Å². The van der Waals surface area contributed by atoms with Crippen molar-refractivity contribution in [1.82, 2.24) is 4.31 Å². The van der Waals surface area contributed by atoms with Gasteiger partial charge in [0.25, 0.3) is 0 Å². The molecule has 3 rings (SSSR count). The van der Waals surface area contributed by atoms with Gasteiger partial charge in [0.15, 0.2) is 23.4 Å². The third-order valence-electron chi connectivity index (χ3n) is 4.77. The van der Waals surface area contributed by atoms with Crippen molar-refractivity contribution in [3.63, 3.8) is 0 Å². The van der Waals surface area contributed by atoms with Crippen molar-refractivity contribution in [2.45, 2.75) is 69.4 Å². The first kappa shape index (κ1) is 19.0. The van der Waals surface area contributed by atoms with Crippen LogP contribution in [0.1, 0.15) is 27.7 Å². The van der Waals surface area contributed by atoms with Crippen molar-refractivity contribution in [3.05, 3.63) is 0 Å². The molecule has 142 valence electrons. The molecule has 0 aliphatic carbocycles. The highest BCUT2D eigenvalue weighted by molar-refractivity contribution is 7.88. The second-order valence-corrected chi connectivity index (χ2v) is 9.53. The molecule has 0 N–H and O–H groups in total. The van der Waals surface area contributed by atoms with Crippen LogP contribution in [0.15, 0.2) is 0 Å². The van der Waals surface area contributed by atoms with Crippen molar-refractivity contribution < 1.29 is 32.1 Å². The molecule has 10 heteroatoms. The molecule has 0 aromatic heterocycles. The Labute approximate surface area is 147 Å². The molecule has 3 aliphatic heterocycles. The van der Waals surface area contributed by atoms with Crippen LogP contribution in [-0.4, -0.2) is 74.3 Å². The maximum Gasteiger partial charge on any atom is 0.212 e. The molecule has 0 bridgehead atoms. The van der Waals surface area contributed by atoms with Crippen LogP contribution in [0.2, 0.25) is 0 Å². The molecular weight excluding hydrogens is 352 g/mol. The van der Waals surface area contributed by atoms with Crippen molar-refractivity contribution in [2.75, 3.05) is 19.9 Å². The van der Waals surface area contributed by atoms with Gasteiger partial charge in [-0.15, -0.1) is 0 Å². The quantitative estimate of drug-likeness (QED) is 0.686. The van der Waals surface area contributed by atoms with Crippen LogP contribution in [0.25, 0.3) is 0 Å². The molecule has 5 atom stereocenters. The van der Waals surface area contributed by atoms with E-state index in [-0.39, 0.29) is 6.61 Å². The minimum atomic E-state index is -3.73. The number of hydrogen-bond acceptors (Lipinski definition) is 8. The average molecular weight is 376 g/mol. The summed E-state index contributed by atoms with van der Waals surface area (Å²) in [7, 11) is -2.38. The van der Waals surface area contributed by atoms with Crippen LogP contribution in [0, 0.1) is 11.3 Å². The normalized spacial score (nSPS) is 42.5. The van der Waals surface area contributed by atoms with Crippen molar-refractivity contribution in [2.24, 2.45) is 0 Å². The number of rotatable bonds is 3. The summed E-state index contributed by atoms with van der Waals surface area (Å²) in [5.74, 6) is -1.84. The zero-order chi connectivity index (χ0) is 18.8. The van der Waals surface area contributed by atoms with E-state index in [1.165, 1.54) is 7.05 Å². The van der Waals surface area contributed by atoms with Gasteiger partial charge in [-0.2, -0.15) is 9.57 Å². The van der Waals surface area contributed by atoms with Gasteiger partial charge in [0, 0.05) is 7.05 Å². The van der Waals surface area contributed by atoms with E-state index >= 15 is 0 Å². The van der Waals surface area contributed by atoms with E-state index in [0.29, 0.717) is 0 Å². The molecule has 3 saturated heterocycles. The minimum Gasteiger partial charge on any atom is -0.348 e. The Balaban J connectivity index is 2.05. The average Bonchev–Trinajstić information content (AvgIpc) is 3.05. The summed E-state index contributed by atoms with van der Waals surface area (Å²) in [6.07, 6.45) is -2.32. The molecule has 3 aliphatic rings. The lowest BCUT2D eigenvalue weighted by atomic mass is 9.87. The lowest BCUT2D eigenvalue weighted by molar-refractivity contribution is -0.230. The molecule has 0 radical (unpaired) electrons. The predicted molar refractivity (Wildman–Crippen MR) is 84.6 cm³/mol. The first-order chi connectivity index (χ1) is 11.3. The fraction of sp³-hybridized carbons (Fsp3) is 0.933. The van der Waals surface area contributed by atoms with Gasteiger partial charge >= 0.3 is 0 Å². The second kappa shape index (κ2) is 5.60. The first-order valence-electron chi connectivity index (χ1n) is 8.00. The van der Waals surface area contributed by atoms with E-state index in [1.54, 1.807) is 27.7 Å². The summed E-state index contributed by atoms with van der Waals surface area (Å²) in [4.78, 5) is 0. The number of hydrogen-bond donors (Lipinski definition) is 0. The van der Waals surface area contributed by atoms with Gasteiger partial charge in [0.1, 0.15) is 18.3 Å². The Morgan fingerprint density at radius 1 is 1.08 bits per heavy atom. The van der Waals surface area contributed by atoms with Gasteiger partial charge in [-0.05, 0) is 27.7 Å². The fourth-order valence-corrected chi connectivity index (χ4v) is 4.40. The van der Waals surface area contributed by atoms with Crippen LogP contribution in [0.3, 0.4) is 0 Å². The van der Waals surface area contributed by atoms with E-state index in [2.05, 4.69) is 6.07 Å². The summed E-state index contributed by atoms with van der Waals surface area (Å²) >= 11 is 0. The van der Waals surface area contributed by atoms with Gasteiger partial charge in [0.2, 0.25) is 10.0 Å². The highest BCUT2D eigenvalue weighted by Crippen LogP contribution is 2.48. The Hall–Kier alpha value is -0.800. The standard InChI is InChI=1S/C15H24N2O7S/c1-13(2)20-7-9(22-13)10-15(8-16,17(5)25(6,18)19)11-12(21-10)24-14(3,4)23-11/h9-12H,7H2,1-6H3/t9-,10-,11+,12-,15-/m1/s1. The number of likely N-dealkylation sites (N-methyl/N-ethyl adjacent to an activating group) is 1. The lowest BCUT2D eigenvalue weighted by Gasteiger charge is -2.39. The maximum absolute atomic E-state index is 12.3. The maximum atomic E-state index is 12.3. The molecule has 0 spiro atoms. The Kier molecular flexibility index (Phi) is 4.25. The second-order valence-electron chi connectivity index (χ2n) is 7.52. The van der Waals surface area contributed by atoms with Gasteiger partial charge in [-0.3, -0.25) is 0 Å². The summed E-state index contributed by atoms with van der Waals surface area (Å²) in [5, 5.41) is 10.1. The summed E-state index contributed by atoms with van der Waals surface area (Å²) in [6.45, 7) is 7.02. The van der Waals surface area contributed by atoms with Gasteiger partial charge < -0.3 is 23.7 Å². The third-order valence-corrected chi connectivity index (χ3v) is 6.07. The highest BCUT2D eigenvalue weighted by Gasteiger charge is 2.70. The molecule has 25 heavy (non-hydrogen) atoms. The molecule has 3 heterocycles. The molecule has 0 unspecified atom stereocenters. The van der Waals surface area contributed by atoms with E-state index in [0.717, 1.165) is 10.6 Å². The monoisotopic (exact) mass is 376 g/mol. The van der Waals surface area contributed by atoms with Gasteiger partial charge in [-0.1, -0.05) is 0 Å². The first-order valence-corrected chi connectivity index (χ1v) is 9.85. The van der Waals surface area contributed by atoms with E-state index < -0.39 is 51.7 Å². The van der Waals surface area contributed by atoms with Gasteiger partial charge in [0.05, 0.1) is 18.9 Å². The number of sulfonamides is 1. The van der Waals surface area contributed by atoms with Crippen LogP contribution >= 0.6 is 0 Å². The largest absolute Gasteiger partial charge is 0.348 e. The Bertz CT molecular complexity index is 701. The predicted octanol–water partition coefficient (Wildman–Crippen LogP) is 0.168. The SMILES string of the molecule is CN([C@]1(C#N)[C@@H]([C@H]2COC(C)(C)O2)O[C@@H]2OC(C)(C)O[C@@H]21)S(C)(=O)=O. The van der Waals surface area contributed by atoms with Crippen molar-refractivity contribution in [1.29, 1.82) is 5.26 Å². The van der Waals surface area contributed by atoms with Crippen LogP contribution in [-0.2, 0) is 33.7 Å². The number of nitrogens with zero attached hydrogens (tertiary/aromatic N) is 2. The third kappa shape index (κ3) is 2.98. The molecule has 0 aromatic carbocycles. The highest BCUT2D eigenvalue weighted by atomic mass is 32.2. The number of ether oxygens (including phenoxy) is 5. The van der Waals surface area contributed by atoms with E-state index in [4.69, 9.17) is 23.7 Å². The minimum absolute atomic E-state index is 0.168. The topological polar surface area (TPSA) is 107 Å². The number of nitriles is 1. The van der Waals surface area contributed by atoms with E-state index in [1.807, 2.05) is 0 Å². The van der Waals surface area contributed by atoms with Crippen LogP contribution in [0.4, 0.5) is 0 Å². The molecule has 0 aromatic rings. The van der Waals surface area contributed by atoms with Crippen LogP contribution < -0.4 is 0 Å². The molecular formula is C15H24N2O7S. The Morgan fingerprint density at radius 3 is 2.20 bits per heavy atom. The summed E-state index contributed by atoms with van der Waals surface area (Å²) in [5.41, 5.74) is -1.64. The van der Waals surface area contributed by atoms with Gasteiger partial charge in [-0.25, -0.2) is 8.42 Å². The molecule has 0 saturated carbocycles.